The normalized spacial score (nSPS) is 13.6. The highest BCUT2D eigenvalue weighted by Crippen LogP contribution is 2.43. The predicted molar refractivity (Wildman–Crippen MR) is 277 cm³/mol. The molecular weight excluding hydrogens is 816 g/mol. The van der Waals surface area contributed by atoms with Gasteiger partial charge in [-0.1, -0.05) is 296 Å². The summed E-state index contributed by atoms with van der Waals surface area (Å²) in [5.41, 5.74) is 5.40. The highest BCUT2D eigenvalue weighted by Gasteiger charge is 2.27. The Morgan fingerprint density at radius 3 is 1.00 bits per heavy atom. The molecule has 0 heterocycles. The molecule has 0 aliphatic carbocycles. The molecule has 0 aromatic carbocycles. The van der Waals surface area contributed by atoms with Gasteiger partial charge in [0.1, 0.15) is 0 Å². The third-order valence-electron chi connectivity index (χ3n) is 13.5. The molecule has 0 radical (unpaired) electrons. The summed E-state index contributed by atoms with van der Waals surface area (Å²) in [4.78, 5) is 22.8. The van der Waals surface area contributed by atoms with E-state index >= 15 is 0 Å². The lowest BCUT2D eigenvalue weighted by Crippen LogP contribution is -2.46. The standard InChI is InChI=1S/C55H113N2O6P/c1-3-5-7-9-11-13-15-17-18-19-20-21-22-23-24-25-26-27-28-29-30-31-32-33-34-35-36-37-39-41-43-45-47-49-55(59)57-53(52-63-64(60,61)62-51-50-56)54(58)48-46-44-42-40-38-16-14-12-10-8-6-4-2/h53-54,58H,3-52,56H2,1-2H3,(H,57,59)(H,60,61)/t53-,54+/m0/s1. The van der Waals surface area contributed by atoms with Gasteiger partial charge in [-0.3, -0.25) is 13.8 Å². The molecule has 0 bridgehead atoms. The number of hydrogen-bond donors (Lipinski definition) is 4. The van der Waals surface area contributed by atoms with Crippen molar-refractivity contribution < 1.29 is 28.4 Å². The summed E-state index contributed by atoms with van der Waals surface area (Å²) in [5.74, 6) is -0.154. The van der Waals surface area contributed by atoms with Crippen molar-refractivity contribution in [2.45, 2.75) is 328 Å². The number of unbranched alkanes of at least 4 members (excludes halogenated alkanes) is 43. The maximum atomic E-state index is 12.8. The maximum Gasteiger partial charge on any atom is 0.472 e. The molecule has 0 fully saturated rings. The molecule has 9 heteroatoms. The van der Waals surface area contributed by atoms with Gasteiger partial charge in [-0.15, -0.1) is 0 Å². The number of phosphoric ester groups is 1. The second kappa shape index (κ2) is 51.9. The van der Waals surface area contributed by atoms with Crippen LogP contribution in [0, 0.1) is 0 Å². The first-order chi connectivity index (χ1) is 31.4. The highest BCUT2D eigenvalue weighted by atomic mass is 31.2. The molecule has 0 rings (SSSR count). The molecule has 8 nitrogen and oxygen atoms in total. The van der Waals surface area contributed by atoms with Gasteiger partial charge in [0, 0.05) is 13.0 Å². The van der Waals surface area contributed by atoms with Crippen molar-refractivity contribution in [3.05, 3.63) is 0 Å². The highest BCUT2D eigenvalue weighted by molar-refractivity contribution is 7.47. The third kappa shape index (κ3) is 49.4. The van der Waals surface area contributed by atoms with Crippen molar-refractivity contribution in [3.8, 4) is 0 Å². The molecule has 1 amide bonds. The van der Waals surface area contributed by atoms with Gasteiger partial charge in [-0.25, -0.2) is 4.57 Å². The van der Waals surface area contributed by atoms with Gasteiger partial charge < -0.3 is 21.1 Å². The Labute approximate surface area is 399 Å². The summed E-state index contributed by atoms with van der Waals surface area (Å²) in [5, 5.41) is 13.8. The maximum absolute atomic E-state index is 12.8. The van der Waals surface area contributed by atoms with Crippen molar-refractivity contribution in [1.29, 1.82) is 0 Å². The average Bonchev–Trinajstić information content (AvgIpc) is 3.29. The summed E-state index contributed by atoms with van der Waals surface area (Å²) in [6.45, 7) is 4.25. The largest absolute Gasteiger partial charge is 0.472 e. The Balaban J connectivity index is 3.75. The average molecular weight is 929 g/mol. The Bertz CT molecular complexity index is 973. The number of aliphatic hydroxyl groups is 1. The van der Waals surface area contributed by atoms with E-state index in [-0.39, 0.29) is 25.7 Å². The monoisotopic (exact) mass is 929 g/mol. The zero-order valence-corrected chi connectivity index (χ0v) is 44.0. The first-order valence-corrected chi connectivity index (χ1v) is 30.1. The van der Waals surface area contributed by atoms with Gasteiger partial charge in [-0.2, -0.15) is 0 Å². The minimum Gasteiger partial charge on any atom is -0.391 e. The van der Waals surface area contributed by atoms with Crippen LogP contribution < -0.4 is 11.1 Å². The van der Waals surface area contributed by atoms with Gasteiger partial charge >= 0.3 is 7.82 Å². The van der Waals surface area contributed by atoms with E-state index in [4.69, 9.17) is 14.8 Å². The van der Waals surface area contributed by atoms with Gasteiger partial charge in [-0.05, 0) is 12.8 Å². The zero-order chi connectivity index (χ0) is 46.7. The summed E-state index contributed by atoms with van der Waals surface area (Å²) in [6, 6.07) is -0.768. The molecule has 1 unspecified atom stereocenters. The van der Waals surface area contributed by atoms with Crippen molar-refractivity contribution in [2.24, 2.45) is 5.73 Å². The van der Waals surface area contributed by atoms with Crippen LogP contribution in [0.4, 0.5) is 0 Å². The number of nitrogens with one attached hydrogen (secondary N) is 1. The van der Waals surface area contributed by atoms with Gasteiger partial charge in [0.15, 0.2) is 0 Å². The molecule has 64 heavy (non-hydrogen) atoms. The quantitative estimate of drug-likeness (QED) is 0.0353. The second-order valence-corrected chi connectivity index (χ2v) is 21.3. The molecular formula is C55H113N2O6P. The van der Waals surface area contributed by atoms with Crippen molar-refractivity contribution >= 4 is 13.7 Å². The van der Waals surface area contributed by atoms with E-state index in [0.29, 0.717) is 12.8 Å². The van der Waals surface area contributed by atoms with Crippen LogP contribution in [-0.2, 0) is 18.4 Å². The van der Waals surface area contributed by atoms with Gasteiger partial charge in [0.05, 0.1) is 25.4 Å². The fourth-order valence-corrected chi connectivity index (χ4v) is 9.90. The van der Waals surface area contributed by atoms with Crippen LogP contribution >= 0.6 is 7.82 Å². The SMILES string of the molecule is CCCCCCCCCCCCCCCCCCCCCCCCCCCCCCCCCCCC(=O)N[C@@H](COP(=O)(O)OCCN)[C@H](O)CCCCCCCCCCCCCC. The van der Waals surface area contributed by atoms with Crippen molar-refractivity contribution in [1.82, 2.24) is 5.32 Å². The predicted octanol–water partition coefficient (Wildman–Crippen LogP) is 17.3. The van der Waals surface area contributed by atoms with E-state index in [1.165, 1.54) is 250 Å². The molecule has 0 saturated carbocycles. The second-order valence-electron chi connectivity index (χ2n) is 19.9. The van der Waals surface area contributed by atoms with Crippen LogP contribution in [0.1, 0.15) is 316 Å². The number of hydrogen-bond acceptors (Lipinski definition) is 6. The number of nitrogens with two attached hydrogens (primary N) is 1. The molecule has 384 valence electrons. The van der Waals surface area contributed by atoms with E-state index in [0.717, 1.165) is 38.5 Å². The molecule has 0 aliphatic heterocycles. The first-order valence-electron chi connectivity index (χ1n) is 28.7. The summed E-state index contributed by atoms with van der Waals surface area (Å²) in [6.07, 6.45) is 60.3. The van der Waals surface area contributed by atoms with E-state index in [1.54, 1.807) is 0 Å². The van der Waals surface area contributed by atoms with E-state index in [2.05, 4.69) is 19.2 Å². The molecule has 0 aromatic heterocycles. The van der Waals surface area contributed by atoms with E-state index in [9.17, 15) is 19.4 Å². The number of rotatable bonds is 55. The topological polar surface area (TPSA) is 131 Å². The van der Waals surface area contributed by atoms with Gasteiger partial charge in [0.2, 0.25) is 5.91 Å². The lowest BCUT2D eigenvalue weighted by molar-refractivity contribution is -0.123. The van der Waals surface area contributed by atoms with Crippen LogP contribution in [0.15, 0.2) is 0 Å². The van der Waals surface area contributed by atoms with Crippen molar-refractivity contribution in [3.63, 3.8) is 0 Å². The Kier molecular flexibility index (Phi) is 51.5. The van der Waals surface area contributed by atoms with Crippen LogP contribution in [0.2, 0.25) is 0 Å². The van der Waals surface area contributed by atoms with Gasteiger partial charge in [0.25, 0.3) is 0 Å². The van der Waals surface area contributed by atoms with Crippen LogP contribution in [0.25, 0.3) is 0 Å². The van der Waals surface area contributed by atoms with Crippen LogP contribution in [0.5, 0.6) is 0 Å². The Morgan fingerprint density at radius 2 is 0.719 bits per heavy atom. The summed E-state index contributed by atoms with van der Waals surface area (Å²) in [7, 11) is -4.31. The fraction of sp³-hybridized carbons (Fsp3) is 0.982. The molecule has 0 aliphatic rings. The Morgan fingerprint density at radius 1 is 0.453 bits per heavy atom. The smallest absolute Gasteiger partial charge is 0.391 e. The van der Waals surface area contributed by atoms with E-state index in [1.807, 2.05) is 0 Å². The number of phosphoric acid groups is 1. The molecule has 5 N–H and O–H groups in total. The number of carbonyl (C=O) groups is 1. The first kappa shape index (κ1) is 63.5. The van der Waals surface area contributed by atoms with Crippen molar-refractivity contribution in [2.75, 3.05) is 19.8 Å². The molecule has 0 aromatic rings. The van der Waals surface area contributed by atoms with Crippen LogP contribution in [0.3, 0.4) is 0 Å². The lowest BCUT2D eigenvalue weighted by atomic mass is 10.0. The number of aliphatic hydroxyl groups excluding tert-OH is 1. The third-order valence-corrected chi connectivity index (χ3v) is 14.4. The zero-order valence-electron chi connectivity index (χ0n) is 43.1. The fourth-order valence-electron chi connectivity index (χ4n) is 9.14. The molecule has 0 spiro atoms. The minimum atomic E-state index is -4.31. The van der Waals surface area contributed by atoms with E-state index < -0.39 is 20.0 Å². The molecule has 0 saturated heterocycles. The van der Waals surface area contributed by atoms with Crippen LogP contribution in [-0.4, -0.2) is 47.8 Å². The minimum absolute atomic E-state index is 0.0927. The Hall–Kier alpha value is -0.500. The molecule has 3 atom stereocenters. The summed E-state index contributed by atoms with van der Waals surface area (Å²) < 4.78 is 22.3. The summed E-state index contributed by atoms with van der Waals surface area (Å²) >= 11 is 0. The lowest BCUT2D eigenvalue weighted by Gasteiger charge is -2.25. The number of amides is 1. The number of carbonyl (C=O) groups excluding carboxylic acids is 1.